The van der Waals surface area contributed by atoms with Crippen molar-refractivity contribution in [1.82, 2.24) is 9.80 Å². The predicted molar refractivity (Wildman–Crippen MR) is 159 cm³/mol. The summed E-state index contributed by atoms with van der Waals surface area (Å²) >= 11 is 0. The van der Waals surface area contributed by atoms with E-state index in [1.165, 1.54) is 5.56 Å². The van der Waals surface area contributed by atoms with Crippen molar-refractivity contribution in [2.75, 3.05) is 39.4 Å². The number of aliphatic hydroxyl groups excluding tert-OH is 1. The van der Waals surface area contributed by atoms with Crippen molar-refractivity contribution in [3.8, 4) is 5.75 Å². The van der Waals surface area contributed by atoms with Crippen LogP contribution in [0.25, 0.3) is 5.76 Å². The highest BCUT2D eigenvalue weighted by atomic mass is 16.5. The van der Waals surface area contributed by atoms with E-state index in [-0.39, 0.29) is 11.3 Å². The smallest absolute Gasteiger partial charge is 0.295 e. The molecule has 1 unspecified atom stereocenters. The lowest BCUT2D eigenvalue weighted by Crippen LogP contribution is -2.42. The van der Waals surface area contributed by atoms with Crippen molar-refractivity contribution in [1.29, 1.82) is 0 Å². The molecule has 214 valence electrons. The van der Waals surface area contributed by atoms with E-state index >= 15 is 0 Å². The Morgan fingerprint density at radius 1 is 0.951 bits per heavy atom. The summed E-state index contributed by atoms with van der Waals surface area (Å²) in [5.74, 6) is -0.432. The molecule has 3 aromatic carbocycles. The van der Waals surface area contributed by atoms with Crippen LogP contribution in [-0.4, -0.2) is 66.0 Å². The van der Waals surface area contributed by atoms with Gasteiger partial charge in [0.1, 0.15) is 18.1 Å². The number of nitrogens with zero attached hydrogens (tertiary/aromatic N) is 2. The number of likely N-dealkylation sites (tertiary alicyclic amines) is 1. The Balaban J connectivity index is 1.43. The third-order valence-corrected chi connectivity index (χ3v) is 8.00. The van der Waals surface area contributed by atoms with Crippen LogP contribution in [0.5, 0.6) is 5.75 Å². The van der Waals surface area contributed by atoms with Crippen LogP contribution >= 0.6 is 0 Å². The van der Waals surface area contributed by atoms with E-state index < -0.39 is 17.7 Å². The lowest BCUT2D eigenvalue weighted by molar-refractivity contribution is -0.140. The lowest BCUT2D eigenvalue weighted by atomic mass is 9.93. The molecule has 0 spiro atoms. The minimum Gasteiger partial charge on any atom is -0.507 e. The Bertz CT molecular complexity index is 1410. The van der Waals surface area contributed by atoms with Crippen LogP contribution in [0.3, 0.4) is 0 Å². The minimum atomic E-state index is -0.672. The maximum Gasteiger partial charge on any atom is 0.295 e. The molecule has 5 rings (SSSR count). The summed E-state index contributed by atoms with van der Waals surface area (Å²) in [4.78, 5) is 30.6. The number of carbonyl (C=O) groups excluding carboxylic acids is 2. The molecular formula is C34H38N2O5. The fourth-order valence-corrected chi connectivity index (χ4v) is 5.39. The third kappa shape index (κ3) is 6.37. The first-order valence-corrected chi connectivity index (χ1v) is 14.3. The molecule has 2 saturated heterocycles. The van der Waals surface area contributed by atoms with Gasteiger partial charge < -0.3 is 19.5 Å². The summed E-state index contributed by atoms with van der Waals surface area (Å²) in [6, 6.07) is 22.4. The highest BCUT2D eigenvalue weighted by Crippen LogP contribution is 2.40. The number of aliphatic hydroxyl groups is 1. The van der Waals surface area contributed by atoms with Crippen LogP contribution in [0, 0.1) is 6.92 Å². The van der Waals surface area contributed by atoms with Gasteiger partial charge in [-0.2, -0.15) is 0 Å². The van der Waals surface area contributed by atoms with Crippen LogP contribution in [0.2, 0.25) is 0 Å². The topological polar surface area (TPSA) is 79.3 Å². The van der Waals surface area contributed by atoms with E-state index in [2.05, 4.69) is 18.7 Å². The molecular weight excluding hydrogens is 516 g/mol. The molecule has 2 aliphatic rings. The standard InChI is InChI=1S/C34H38N2O5/c1-23(2)25-8-10-26(11-9-25)31-30(33(38)34(39)36(31)17-16-35-18-20-40-21-19-35)32(37)27-12-14-29(15-13-27)41-22-28-7-5-4-6-24(28)3/h4-15,23,31,37H,16-22H2,1-3H3/b32-30+. The third-order valence-electron chi connectivity index (χ3n) is 8.00. The Morgan fingerprint density at radius 3 is 2.29 bits per heavy atom. The molecule has 2 heterocycles. The first kappa shape index (κ1) is 28.6. The fraction of sp³-hybridized carbons (Fsp3) is 0.353. The Morgan fingerprint density at radius 2 is 1.63 bits per heavy atom. The molecule has 1 atom stereocenters. The molecule has 0 saturated carbocycles. The second-order valence-corrected chi connectivity index (χ2v) is 11.0. The second-order valence-electron chi connectivity index (χ2n) is 11.0. The molecule has 0 aliphatic carbocycles. The molecule has 0 bridgehead atoms. The Kier molecular flexibility index (Phi) is 8.86. The maximum absolute atomic E-state index is 13.4. The fourth-order valence-electron chi connectivity index (χ4n) is 5.39. The van der Waals surface area contributed by atoms with Crippen LogP contribution in [0.1, 0.15) is 53.6 Å². The van der Waals surface area contributed by atoms with Gasteiger partial charge in [0.15, 0.2) is 0 Å². The summed E-state index contributed by atoms with van der Waals surface area (Å²) in [6.45, 7) is 10.6. The van der Waals surface area contributed by atoms with Crippen molar-refractivity contribution in [2.45, 2.75) is 39.3 Å². The van der Waals surface area contributed by atoms with Gasteiger partial charge in [-0.05, 0) is 59.4 Å². The molecule has 7 nitrogen and oxygen atoms in total. The number of hydrogen-bond donors (Lipinski definition) is 1. The Labute approximate surface area is 242 Å². The zero-order chi connectivity index (χ0) is 28.9. The Hall–Kier alpha value is -3.94. The van der Waals surface area contributed by atoms with E-state index in [9.17, 15) is 14.7 Å². The normalized spacial score (nSPS) is 19.2. The quantitative estimate of drug-likeness (QED) is 0.215. The monoisotopic (exact) mass is 554 g/mol. The lowest BCUT2D eigenvalue weighted by Gasteiger charge is -2.31. The predicted octanol–water partition coefficient (Wildman–Crippen LogP) is 5.45. The first-order valence-electron chi connectivity index (χ1n) is 14.3. The number of benzene rings is 3. The molecule has 0 radical (unpaired) electrons. The number of ether oxygens (including phenoxy) is 2. The van der Waals surface area contributed by atoms with E-state index in [0.29, 0.717) is 50.1 Å². The SMILES string of the molecule is Cc1ccccc1COc1ccc(/C(O)=C2\C(=O)C(=O)N(CCN3CCOCC3)C2c2ccc(C(C)C)cc2)cc1. The van der Waals surface area contributed by atoms with Crippen molar-refractivity contribution in [2.24, 2.45) is 0 Å². The van der Waals surface area contributed by atoms with E-state index in [1.54, 1.807) is 29.2 Å². The van der Waals surface area contributed by atoms with Crippen LogP contribution in [-0.2, 0) is 20.9 Å². The number of ketones is 1. The molecule has 1 N–H and O–H groups in total. The number of hydrogen-bond acceptors (Lipinski definition) is 6. The van der Waals surface area contributed by atoms with Gasteiger partial charge in [0, 0.05) is 31.7 Å². The average Bonchev–Trinajstić information content (AvgIpc) is 3.25. The van der Waals surface area contributed by atoms with Crippen molar-refractivity contribution in [3.63, 3.8) is 0 Å². The van der Waals surface area contributed by atoms with Gasteiger partial charge in [-0.1, -0.05) is 62.4 Å². The largest absolute Gasteiger partial charge is 0.507 e. The van der Waals surface area contributed by atoms with Crippen molar-refractivity contribution >= 4 is 17.4 Å². The van der Waals surface area contributed by atoms with Crippen LogP contribution in [0.4, 0.5) is 0 Å². The van der Waals surface area contributed by atoms with Gasteiger partial charge >= 0.3 is 0 Å². The van der Waals surface area contributed by atoms with Gasteiger partial charge in [0.2, 0.25) is 0 Å². The average molecular weight is 555 g/mol. The summed E-state index contributed by atoms with van der Waals surface area (Å²) in [5, 5.41) is 11.5. The zero-order valence-electron chi connectivity index (χ0n) is 24.0. The number of rotatable bonds is 9. The van der Waals surface area contributed by atoms with Gasteiger partial charge in [-0.15, -0.1) is 0 Å². The molecule has 0 aromatic heterocycles. The van der Waals surface area contributed by atoms with Gasteiger partial charge in [0.05, 0.1) is 24.8 Å². The summed E-state index contributed by atoms with van der Waals surface area (Å²) in [6.07, 6.45) is 0. The van der Waals surface area contributed by atoms with E-state index in [0.717, 1.165) is 29.8 Å². The van der Waals surface area contributed by atoms with E-state index in [4.69, 9.17) is 9.47 Å². The molecule has 2 aliphatic heterocycles. The van der Waals surface area contributed by atoms with Crippen molar-refractivity contribution in [3.05, 3.63) is 106 Å². The number of Topliss-reactive ketones (excluding diaryl/α,β-unsaturated/α-hetero) is 1. The summed E-state index contributed by atoms with van der Waals surface area (Å²) < 4.78 is 11.4. The highest BCUT2D eigenvalue weighted by Gasteiger charge is 2.46. The molecule has 2 fully saturated rings. The first-order chi connectivity index (χ1) is 19.8. The molecule has 41 heavy (non-hydrogen) atoms. The van der Waals surface area contributed by atoms with Crippen molar-refractivity contribution < 1.29 is 24.2 Å². The van der Waals surface area contributed by atoms with E-state index in [1.807, 2.05) is 55.5 Å². The molecule has 3 aromatic rings. The molecule has 7 heteroatoms. The number of amides is 1. The van der Waals surface area contributed by atoms with Crippen LogP contribution < -0.4 is 4.74 Å². The number of morpholine rings is 1. The van der Waals surface area contributed by atoms with Crippen LogP contribution in [0.15, 0.2) is 78.4 Å². The second kappa shape index (κ2) is 12.7. The minimum absolute atomic E-state index is 0.114. The van der Waals surface area contributed by atoms with Gasteiger partial charge in [-0.25, -0.2) is 0 Å². The highest BCUT2D eigenvalue weighted by molar-refractivity contribution is 6.46. The molecule has 1 amide bonds. The number of aryl methyl sites for hydroxylation is 1. The summed E-state index contributed by atoms with van der Waals surface area (Å²) in [5.41, 5.74) is 4.79. The van der Waals surface area contributed by atoms with Gasteiger partial charge in [-0.3, -0.25) is 14.5 Å². The summed E-state index contributed by atoms with van der Waals surface area (Å²) in [7, 11) is 0. The van der Waals surface area contributed by atoms with Gasteiger partial charge in [0.25, 0.3) is 11.7 Å². The maximum atomic E-state index is 13.4. The zero-order valence-corrected chi connectivity index (χ0v) is 24.0. The number of carbonyl (C=O) groups is 2.